The van der Waals surface area contributed by atoms with Crippen molar-refractivity contribution in [1.82, 2.24) is 4.90 Å². The number of nitrogens with zero attached hydrogens (tertiary/aromatic N) is 1. The molecule has 3 atom stereocenters. The van der Waals surface area contributed by atoms with Crippen molar-refractivity contribution in [2.24, 2.45) is 11.8 Å². The number of piperidine rings is 1. The number of carbonyl (C=O) groups is 1. The fourth-order valence-corrected chi connectivity index (χ4v) is 7.03. The predicted molar refractivity (Wildman–Crippen MR) is 143 cm³/mol. The van der Waals surface area contributed by atoms with Crippen molar-refractivity contribution >= 4 is 5.97 Å². The Bertz CT molecular complexity index is 1240. The molecule has 0 bridgehead atoms. The molecule has 7 heteroatoms. The number of aliphatic carboxylic acids is 1. The number of likely N-dealkylation sites (tertiary alicyclic amines) is 1. The van der Waals surface area contributed by atoms with Crippen LogP contribution in [0.15, 0.2) is 36.4 Å². The van der Waals surface area contributed by atoms with E-state index >= 15 is 0 Å². The van der Waals surface area contributed by atoms with Crippen LogP contribution in [0.4, 0.5) is 13.2 Å². The zero-order valence-corrected chi connectivity index (χ0v) is 22.8. The summed E-state index contributed by atoms with van der Waals surface area (Å²) < 4.78 is 48.5. The standard InChI is InChI=1S/C32H38F3NO3/c1-19(30(37)38)29(23-6-7-23)25-8-5-22-11-12-31(39-28(22)18-25)13-15-36(16-14-31)20(2)26-17-24(21-3-4-21)9-10-27(26)32(33,34)35/h5,8-10,17-21,23,29H,3-4,6-7,11-16H2,1-2H3,(H,37,38). The van der Waals surface area contributed by atoms with Crippen molar-refractivity contribution in [1.29, 1.82) is 0 Å². The Morgan fingerprint density at radius 3 is 2.36 bits per heavy atom. The van der Waals surface area contributed by atoms with Gasteiger partial charge in [0.2, 0.25) is 0 Å². The van der Waals surface area contributed by atoms with E-state index in [9.17, 15) is 23.1 Å². The molecule has 3 fully saturated rings. The van der Waals surface area contributed by atoms with Gasteiger partial charge in [-0.15, -0.1) is 0 Å². The smallest absolute Gasteiger partial charge is 0.416 e. The summed E-state index contributed by atoms with van der Waals surface area (Å²) in [5.74, 6) is 0.460. The Kier molecular flexibility index (Phi) is 6.72. The largest absolute Gasteiger partial charge is 0.487 e. The quantitative estimate of drug-likeness (QED) is 0.390. The number of benzene rings is 2. The van der Waals surface area contributed by atoms with Gasteiger partial charge in [0, 0.05) is 19.1 Å². The molecule has 2 aliphatic carbocycles. The highest BCUT2D eigenvalue weighted by Crippen LogP contribution is 2.49. The van der Waals surface area contributed by atoms with Crippen LogP contribution < -0.4 is 4.74 Å². The third-order valence-corrected chi connectivity index (χ3v) is 9.85. The second kappa shape index (κ2) is 9.83. The summed E-state index contributed by atoms with van der Waals surface area (Å²) in [6.07, 6.45) is 3.21. The topological polar surface area (TPSA) is 49.8 Å². The van der Waals surface area contributed by atoms with Crippen LogP contribution >= 0.6 is 0 Å². The Morgan fingerprint density at radius 1 is 1.03 bits per heavy atom. The fourth-order valence-electron chi connectivity index (χ4n) is 7.03. The van der Waals surface area contributed by atoms with Gasteiger partial charge in [-0.05, 0) is 110 Å². The molecule has 2 saturated carbocycles. The first-order valence-electron chi connectivity index (χ1n) is 14.5. The summed E-state index contributed by atoms with van der Waals surface area (Å²) in [6.45, 7) is 5.07. The molecule has 4 nitrogen and oxygen atoms in total. The van der Waals surface area contributed by atoms with Crippen LogP contribution in [0.3, 0.4) is 0 Å². The first kappa shape index (κ1) is 26.7. The number of carboxylic acid groups (broad SMARTS) is 1. The lowest BCUT2D eigenvalue weighted by atomic mass is 9.80. The molecule has 1 saturated heterocycles. The minimum absolute atomic E-state index is 0.00814. The average molecular weight is 542 g/mol. The van der Waals surface area contributed by atoms with Crippen molar-refractivity contribution in [2.75, 3.05) is 13.1 Å². The van der Waals surface area contributed by atoms with Crippen LogP contribution in [0.5, 0.6) is 5.75 Å². The zero-order chi connectivity index (χ0) is 27.5. The second-order valence-corrected chi connectivity index (χ2v) is 12.5. The van der Waals surface area contributed by atoms with Crippen LogP contribution in [0.2, 0.25) is 0 Å². The van der Waals surface area contributed by atoms with Crippen molar-refractivity contribution < 1.29 is 27.8 Å². The molecule has 2 heterocycles. The van der Waals surface area contributed by atoms with Crippen LogP contribution in [0.25, 0.3) is 0 Å². The lowest BCUT2D eigenvalue weighted by molar-refractivity contribution is -0.142. The molecule has 4 aliphatic rings. The van der Waals surface area contributed by atoms with E-state index < -0.39 is 23.6 Å². The van der Waals surface area contributed by atoms with Crippen molar-refractivity contribution in [3.05, 3.63) is 64.2 Å². The highest BCUT2D eigenvalue weighted by Gasteiger charge is 2.43. The molecular formula is C32H38F3NO3. The maximum Gasteiger partial charge on any atom is 0.416 e. The Balaban J connectivity index is 1.18. The minimum Gasteiger partial charge on any atom is -0.487 e. The van der Waals surface area contributed by atoms with Crippen molar-refractivity contribution in [3.63, 3.8) is 0 Å². The summed E-state index contributed by atoms with van der Waals surface area (Å²) in [5, 5.41) is 9.69. The number of carboxylic acids is 1. The van der Waals surface area contributed by atoms with Gasteiger partial charge in [-0.2, -0.15) is 13.2 Å². The van der Waals surface area contributed by atoms with Crippen molar-refractivity contribution in [3.8, 4) is 5.75 Å². The van der Waals surface area contributed by atoms with E-state index in [1.54, 1.807) is 19.1 Å². The van der Waals surface area contributed by atoms with E-state index in [-0.39, 0.29) is 17.6 Å². The van der Waals surface area contributed by atoms with E-state index in [2.05, 4.69) is 23.1 Å². The minimum atomic E-state index is -4.37. The number of hydrogen-bond donors (Lipinski definition) is 1. The lowest BCUT2D eigenvalue weighted by Crippen LogP contribution is -2.50. The molecule has 1 N–H and O–H groups in total. The normalized spacial score (nSPS) is 23.5. The zero-order valence-electron chi connectivity index (χ0n) is 22.8. The molecule has 0 radical (unpaired) electrons. The number of aryl methyl sites for hydroxylation is 1. The van der Waals surface area contributed by atoms with Crippen LogP contribution in [-0.4, -0.2) is 34.7 Å². The summed E-state index contributed by atoms with van der Waals surface area (Å²) in [4.78, 5) is 14.0. The van der Waals surface area contributed by atoms with E-state index in [0.717, 1.165) is 73.8 Å². The van der Waals surface area contributed by atoms with Gasteiger partial charge in [-0.1, -0.05) is 31.2 Å². The first-order valence-corrected chi connectivity index (χ1v) is 14.5. The third-order valence-electron chi connectivity index (χ3n) is 9.85. The van der Waals surface area contributed by atoms with Crippen molar-refractivity contribution in [2.45, 2.75) is 94.9 Å². The van der Waals surface area contributed by atoms with Gasteiger partial charge in [0.1, 0.15) is 11.4 Å². The summed E-state index contributed by atoms with van der Waals surface area (Å²) in [7, 11) is 0. The molecule has 1 spiro atoms. The van der Waals surface area contributed by atoms with Gasteiger partial charge in [-0.25, -0.2) is 0 Å². The highest BCUT2D eigenvalue weighted by molar-refractivity contribution is 5.71. The maximum atomic E-state index is 13.9. The highest BCUT2D eigenvalue weighted by atomic mass is 19.4. The van der Waals surface area contributed by atoms with Gasteiger partial charge in [-0.3, -0.25) is 9.69 Å². The molecule has 0 aromatic heterocycles. The van der Waals surface area contributed by atoms with E-state index in [1.807, 2.05) is 6.92 Å². The Labute approximate surface area is 228 Å². The summed E-state index contributed by atoms with van der Waals surface area (Å²) in [5.41, 5.74) is 2.78. The number of fused-ring (bicyclic) bond motifs is 1. The SMILES string of the molecule is CC(C(=O)O)C(c1ccc2c(c1)OC1(CC2)CCN(C(C)c2cc(C3CC3)ccc2C(F)(F)F)CC1)C1CC1. The monoisotopic (exact) mass is 541 g/mol. The van der Waals surface area contributed by atoms with E-state index in [4.69, 9.17) is 4.74 Å². The molecule has 2 aromatic rings. The number of ether oxygens (including phenoxy) is 1. The molecule has 210 valence electrons. The maximum absolute atomic E-state index is 13.9. The molecular weight excluding hydrogens is 503 g/mol. The molecule has 3 unspecified atom stereocenters. The molecule has 39 heavy (non-hydrogen) atoms. The van der Waals surface area contributed by atoms with Crippen LogP contribution in [0, 0.1) is 11.8 Å². The molecule has 6 rings (SSSR count). The van der Waals surface area contributed by atoms with E-state index in [1.165, 1.54) is 6.07 Å². The van der Waals surface area contributed by atoms with Gasteiger partial charge in [0.25, 0.3) is 0 Å². The Hall–Kier alpha value is -2.54. The second-order valence-electron chi connectivity index (χ2n) is 12.5. The molecule has 0 amide bonds. The number of halogens is 3. The lowest BCUT2D eigenvalue weighted by Gasteiger charge is -2.46. The van der Waals surface area contributed by atoms with Crippen LogP contribution in [-0.2, 0) is 17.4 Å². The average Bonchev–Trinajstić information content (AvgIpc) is 3.82. The number of hydrogen-bond acceptors (Lipinski definition) is 3. The van der Waals surface area contributed by atoms with Crippen LogP contribution in [0.1, 0.15) is 104 Å². The van der Waals surface area contributed by atoms with E-state index in [0.29, 0.717) is 30.5 Å². The fraction of sp³-hybridized carbons (Fsp3) is 0.594. The van der Waals surface area contributed by atoms with Gasteiger partial charge >= 0.3 is 12.1 Å². The number of rotatable bonds is 7. The van der Waals surface area contributed by atoms with Gasteiger partial charge < -0.3 is 9.84 Å². The summed E-state index contributed by atoms with van der Waals surface area (Å²) >= 11 is 0. The first-order chi connectivity index (χ1) is 18.5. The van der Waals surface area contributed by atoms with Gasteiger partial charge in [0.15, 0.2) is 0 Å². The summed E-state index contributed by atoms with van der Waals surface area (Å²) in [6, 6.07) is 10.7. The predicted octanol–water partition coefficient (Wildman–Crippen LogP) is 7.72. The molecule has 2 aliphatic heterocycles. The Morgan fingerprint density at radius 2 is 1.74 bits per heavy atom. The number of alkyl halides is 3. The van der Waals surface area contributed by atoms with Gasteiger partial charge in [0.05, 0.1) is 11.5 Å². The third kappa shape index (κ3) is 5.31. The molecule has 2 aromatic carbocycles.